The Hall–Kier alpha value is -1.78. The lowest BCUT2D eigenvalue weighted by molar-refractivity contribution is -0.383. The maximum Gasteiger partial charge on any atom is 0.315 e. The van der Waals surface area contributed by atoms with Crippen LogP contribution in [0, 0.1) is 16.0 Å². The molecule has 0 spiro atoms. The zero-order valence-corrected chi connectivity index (χ0v) is 12.1. The van der Waals surface area contributed by atoms with Gasteiger partial charge in [-0.25, -0.2) is 0 Å². The minimum atomic E-state index is -0.331. The van der Waals surface area contributed by atoms with E-state index in [1.807, 2.05) is 19.9 Å². The number of anilines is 2. The Morgan fingerprint density at radius 1 is 1.26 bits per heavy atom. The van der Waals surface area contributed by atoms with Gasteiger partial charge in [0.1, 0.15) is 11.4 Å². The van der Waals surface area contributed by atoms with Crippen LogP contribution in [0.1, 0.15) is 34.1 Å². The quantitative estimate of drug-likeness (QED) is 0.580. The first-order valence-corrected chi connectivity index (χ1v) is 6.73. The molecule has 0 aromatic heterocycles. The molecule has 1 atom stereocenters. The third-order valence-electron chi connectivity index (χ3n) is 2.81. The zero-order valence-electron chi connectivity index (χ0n) is 12.1. The van der Waals surface area contributed by atoms with Crippen molar-refractivity contribution < 1.29 is 4.92 Å². The van der Waals surface area contributed by atoms with E-state index in [0.29, 0.717) is 23.8 Å². The van der Waals surface area contributed by atoms with Crippen LogP contribution in [0.5, 0.6) is 0 Å². The molecule has 0 bridgehead atoms. The number of nitro groups is 1. The molecule has 0 aliphatic heterocycles. The summed E-state index contributed by atoms with van der Waals surface area (Å²) in [6, 6.07) is 5.53. The topological polar surface area (TPSA) is 67.2 Å². The van der Waals surface area contributed by atoms with Gasteiger partial charge in [0.2, 0.25) is 0 Å². The van der Waals surface area contributed by atoms with Crippen LogP contribution in [0.15, 0.2) is 18.2 Å². The minimum Gasteiger partial charge on any atom is -0.380 e. The number of hydrogen-bond acceptors (Lipinski definition) is 4. The zero-order chi connectivity index (χ0) is 14.4. The molecule has 0 radical (unpaired) electrons. The van der Waals surface area contributed by atoms with E-state index < -0.39 is 0 Å². The molecule has 1 unspecified atom stereocenters. The lowest BCUT2D eigenvalue weighted by atomic mass is 10.0. The molecule has 106 valence electrons. The van der Waals surface area contributed by atoms with E-state index in [2.05, 4.69) is 24.5 Å². The largest absolute Gasteiger partial charge is 0.380 e. The molecule has 0 aliphatic carbocycles. The molecular weight excluding hydrogens is 242 g/mol. The normalized spacial score (nSPS) is 12.3. The maximum atomic E-state index is 11.2. The van der Waals surface area contributed by atoms with E-state index >= 15 is 0 Å². The van der Waals surface area contributed by atoms with Gasteiger partial charge in [0.15, 0.2) is 0 Å². The first-order valence-electron chi connectivity index (χ1n) is 6.73. The molecule has 0 fully saturated rings. The molecule has 1 aromatic rings. The first kappa shape index (κ1) is 15.3. The van der Waals surface area contributed by atoms with Crippen molar-refractivity contribution in [1.82, 2.24) is 0 Å². The van der Waals surface area contributed by atoms with Gasteiger partial charge in [-0.1, -0.05) is 19.9 Å². The average Bonchev–Trinajstić information content (AvgIpc) is 2.27. The predicted octanol–water partition coefficient (Wildman–Crippen LogP) is 3.87. The Bertz CT molecular complexity index is 433. The number of hydrogen-bond donors (Lipinski definition) is 2. The summed E-state index contributed by atoms with van der Waals surface area (Å²) in [6.45, 7) is 8.91. The second kappa shape index (κ2) is 6.97. The Morgan fingerprint density at radius 3 is 2.42 bits per heavy atom. The van der Waals surface area contributed by atoms with Crippen LogP contribution < -0.4 is 10.6 Å². The standard InChI is InChI=1S/C14H23N3O2/c1-5-15-12-7-6-8-13(14(12)17(18)19)16-11(4)9-10(2)3/h6-8,10-11,15-16H,5,9H2,1-4H3. The van der Waals surface area contributed by atoms with Crippen LogP contribution in [0.2, 0.25) is 0 Å². The summed E-state index contributed by atoms with van der Waals surface area (Å²) >= 11 is 0. The van der Waals surface area contributed by atoms with Gasteiger partial charge in [-0.05, 0) is 38.3 Å². The van der Waals surface area contributed by atoms with Gasteiger partial charge in [-0.3, -0.25) is 10.1 Å². The number of nitrogens with zero attached hydrogens (tertiary/aromatic N) is 1. The second-order valence-corrected chi connectivity index (χ2v) is 5.16. The summed E-state index contributed by atoms with van der Waals surface area (Å²) in [5.74, 6) is 0.554. The lowest BCUT2D eigenvalue weighted by Gasteiger charge is -2.18. The molecule has 1 rings (SSSR count). The molecule has 0 heterocycles. The monoisotopic (exact) mass is 265 g/mol. The first-order chi connectivity index (χ1) is 8.95. The van der Waals surface area contributed by atoms with E-state index in [4.69, 9.17) is 0 Å². The van der Waals surface area contributed by atoms with Gasteiger partial charge >= 0.3 is 5.69 Å². The molecule has 19 heavy (non-hydrogen) atoms. The molecule has 2 N–H and O–H groups in total. The third kappa shape index (κ3) is 4.43. The van der Waals surface area contributed by atoms with Crippen molar-refractivity contribution in [3.05, 3.63) is 28.3 Å². The SMILES string of the molecule is CCNc1cccc(NC(C)CC(C)C)c1[N+](=O)[O-]. The summed E-state index contributed by atoms with van der Waals surface area (Å²) < 4.78 is 0. The third-order valence-corrected chi connectivity index (χ3v) is 2.81. The Labute approximate surface area is 114 Å². The smallest absolute Gasteiger partial charge is 0.315 e. The summed E-state index contributed by atoms with van der Waals surface area (Å²) in [5.41, 5.74) is 1.27. The van der Waals surface area contributed by atoms with E-state index in [-0.39, 0.29) is 16.7 Å². The predicted molar refractivity (Wildman–Crippen MR) is 79.8 cm³/mol. The van der Waals surface area contributed by atoms with Gasteiger partial charge in [-0.15, -0.1) is 0 Å². The highest BCUT2D eigenvalue weighted by Crippen LogP contribution is 2.33. The van der Waals surface area contributed by atoms with Gasteiger partial charge in [-0.2, -0.15) is 0 Å². The summed E-state index contributed by atoms with van der Waals surface area (Å²) in [6.07, 6.45) is 0.975. The molecule has 0 aliphatic rings. The number of benzene rings is 1. The van der Waals surface area contributed by atoms with Crippen LogP contribution in [-0.2, 0) is 0 Å². The van der Waals surface area contributed by atoms with Crippen LogP contribution in [0.25, 0.3) is 0 Å². The molecule has 0 saturated heterocycles. The highest BCUT2D eigenvalue weighted by Gasteiger charge is 2.20. The maximum absolute atomic E-state index is 11.2. The van der Waals surface area contributed by atoms with Crippen molar-refractivity contribution in [3.8, 4) is 0 Å². The fourth-order valence-electron chi connectivity index (χ4n) is 2.22. The van der Waals surface area contributed by atoms with Gasteiger partial charge < -0.3 is 10.6 Å². The highest BCUT2D eigenvalue weighted by molar-refractivity contribution is 5.76. The summed E-state index contributed by atoms with van der Waals surface area (Å²) in [7, 11) is 0. The summed E-state index contributed by atoms with van der Waals surface area (Å²) in [5, 5.41) is 17.5. The number of rotatable bonds is 7. The highest BCUT2D eigenvalue weighted by atomic mass is 16.6. The van der Waals surface area contributed by atoms with E-state index in [1.54, 1.807) is 12.1 Å². The molecule has 5 heteroatoms. The van der Waals surface area contributed by atoms with Crippen molar-refractivity contribution in [3.63, 3.8) is 0 Å². The Kier molecular flexibility index (Phi) is 5.60. The van der Waals surface area contributed by atoms with E-state index in [0.717, 1.165) is 6.42 Å². The Balaban J connectivity index is 2.99. The van der Waals surface area contributed by atoms with Crippen LogP contribution in [0.3, 0.4) is 0 Å². The van der Waals surface area contributed by atoms with Crippen molar-refractivity contribution in [2.24, 2.45) is 5.92 Å². The molecular formula is C14H23N3O2. The van der Waals surface area contributed by atoms with E-state index in [1.165, 1.54) is 0 Å². The fourth-order valence-corrected chi connectivity index (χ4v) is 2.22. The van der Waals surface area contributed by atoms with Crippen molar-refractivity contribution in [2.45, 2.75) is 40.2 Å². The molecule has 0 saturated carbocycles. The van der Waals surface area contributed by atoms with Crippen LogP contribution in [-0.4, -0.2) is 17.5 Å². The second-order valence-electron chi connectivity index (χ2n) is 5.16. The van der Waals surface area contributed by atoms with E-state index in [9.17, 15) is 10.1 Å². The van der Waals surface area contributed by atoms with Crippen molar-refractivity contribution in [2.75, 3.05) is 17.2 Å². The average molecular weight is 265 g/mol. The minimum absolute atomic E-state index is 0.125. The van der Waals surface area contributed by atoms with Crippen molar-refractivity contribution >= 4 is 17.1 Å². The van der Waals surface area contributed by atoms with Gasteiger partial charge in [0.05, 0.1) is 4.92 Å². The number of nitro benzene ring substituents is 1. The number of para-hydroxylation sites is 1. The molecule has 1 aromatic carbocycles. The van der Waals surface area contributed by atoms with Gasteiger partial charge in [0.25, 0.3) is 0 Å². The lowest BCUT2D eigenvalue weighted by Crippen LogP contribution is -2.18. The fraction of sp³-hybridized carbons (Fsp3) is 0.571. The van der Waals surface area contributed by atoms with Crippen molar-refractivity contribution in [1.29, 1.82) is 0 Å². The summed E-state index contributed by atoms with van der Waals surface area (Å²) in [4.78, 5) is 10.9. The van der Waals surface area contributed by atoms with Crippen LogP contribution in [0.4, 0.5) is 17.1 Å². The van der Waals surface area contributed by atoms with Gasteiger partial charge in [0, 0.05) is 12.6 Å². The molecule has 5 nitrogen and oxygen atoms in total. The van der Waals surface area contributed by atoms with Crippen LogP contribution >= 0.6 is 0 Å². The number of nitrogens with one attached hydrogen (secondary N) is 2. The Morgan fingerprint density at radius 2 is 1.89 bits per heavy atom. The molecule has 0 amide bonds.